The van der Waals surface area contributed by atoms with E-state index < -0.39 is 0 Å². The van der Waals surface area contributed by atoms with Crippen LogP contribution in [0, 0.1) is 0 Å². The second kappa shape index (κ2) is 7.00. The van der Waals surface area contributed by atoms with Crippen LogP contribution in [0.2, 0.25) is 5.02 Å². The highest BCUT2D eigenvalue weighted by Crippen LogP contribution is 2.42. The van der Waals surface area contributed by atoms with E-state index in [4.69, 9.17) is 11.6 Å². The number of aromatic amines is 1. The molecule has 0 aliphatic rings. The number of benzene rings is 2. The van der Waals surface area contributed by atoms with Crippen LogP contribution < -0.4 is 10.9 Å². The van der Waals surface area contributed by atoms with Crippen molar-refractivity contribution in [1.29, 1.82) is 0 Å². The van der Waals surface area contributed by atoms with Crippen molar-refractivity contribution >= 4 is 43.9 Å². The van der Waals surface area contributed by atoms with Crippen LogP contribution in [0.1, 0.15) is 18.4 Å². The largest absolute Gasteiger partial charge is 0.507 e. The fourth-order valence-electron chi connectivity index (χ4n) is 3.58. The third-order valence-corrected chi connectivity index (χ3v) is 6.13. The fraction of sp³-hybridized carbons (Fsp3) is 0.190. The molecule has 27 heavy (non-hydrogen) atoms. The van der Waals surface area contributed by atoms with E-state index in [0.717, 1.165) is 22.9 Å². The lowest BCUT2D eigenvalue weighted by Crippen LogP contribution is -2.14. The minimum atomic E-state index is -0.165. The highest BCUT2D eigenvalue weighted by molar-refractivity contribution is 7.17. The lowest BCUT2D eigenvalue weighted by molar-refractivity contribution is 0.478. The Morgan fingerprint density at radius 3 is 2.70 bits per heavy atom. The molecule has 2 aromatic heterocycles. The Morgan fingerprint density at radius 2 is 2.00 bits per heavy atom. The lowest BCUT2D eigenvalue weighted by atomic mass is 9.94. The van der Waals surface area contributed by atoms with E-state index in [1.165, 1.54) is 23.0 Å². The summed E-state index contributed by atoms with van der Waals surface area (Å²) >= 11 is 7.71. The van der Waals surface area contributed by atoms with Gasteiger partial charge in [0.05, 0.1) is 10.5 Å². The molecule has 0 bridgehead atoms. The Kier molecular flexibility index (Phi) is 4.68. The first-order valence-electron chi connectivity index (χ1n) is 8.71. The number of hydrogen-bond donors (Lipinski definition) is 3. The number of pyridine rings is 1. The van der Waals surface area contributed by atoms with Gasteiger partial charge in [0, 0.05) is 28.9 Å². The first kappa shape index (κ1) is 18.0. The number of phenolic OH excluding ortho intramolecular Hbond substituents is 1. The van der Waals surface area contributed by atoms with E-state index >= 15 is 0 Å². The number of hydrogen-bond acceptors (Lipinski definition) is 4. The maximum Gasteiger partial charge on any atom is 0.266 e. The number of halogens is 1. The van der Waals surface area contributed by atoms with Crippen molar-refractivity contribution in [1.82, 2.24) is 10.3 Å². The standard InChI is InChI=1S/C21H19ClN2O2S/c1-11(10-23-2)12-3-5-13(6-4-12)17-16(25)9-15(22)19-18(17)14-7-8-27-20(14)21(26)24-19/h3-9,11,23,25H,10H2,1-2H3,(H,24,26)/t11-/m1/s1. The van der Waals surface area contributed by atoms with Gasteiger partial charge in [0.1, 0.15) is 10.4 Å². The van der Waals surface area contributed by atoms with Gasteiger partial charge in [-0.15, -0.1) is 11.3 Å². The Morgan fingerprint density at radius 1 is 1.26 bits per heavy atom. The van der Waals surface area contributed by atoms with Crippen molar-refractivity contribution in [3.63, 3.8) is 0 Å². The Hall–Kier alpha value is -2.34. The van der Waals surface area contributed by atoms with E-state index in [2.05, 4.69) is 29.4 Å². The zero-order valence-corrected chi connectivity index (χ0v) is 16.5. The monoisotopic (exact) mass is 398 g/mol. The Labute approximate surface area is 165 Å². The van der Waals surface area contributed by atoms with Crippen LogP contribution in [0.3, 0.4) is 0 Å². The summed E-state index contributed by atoms with van der Waals surface area (Å²) in [7, 11) is 1.94. The first-order chi connectivity index (χ1) is 13.0. The van der Waals surface area contributed by atoms with Gasteiger partial charge in [-0.25, -0.2) is 0 Å². The zero-order chi connectivity index (χ0) is 19.1. The predicted octanol–water partition coefficient (Wildman–Crippen LogP) is 5.09. The molecule has 4 rings (SSSR count). The van der Waals surface area contributed by atoms with Gasteiger partial charge >= 0.3 is 0 Å². The molecule has 0 saturated heterocycles. The van der Waals surface area contributed by atoms with Crippen molar-refractivity contribution in [3.05, 3.63) is 62.7 Å². The smallest absolute Gasteiger partial charge is 0.266 e. The maximum absolute atomic E-state index is 12.3. The molecule has 138 valence electrons. The summed E-state index contributed by atoms with van der Waals surface area (Å²) in [6.07, 6.45) is 0. The summed E-state index contributed by atoms with van der Waals surface area (Å²) in [5.74, 6) is 0.489. The first-order valence-corrected chi connectivity index (χ1v) is 9.96. The summed E-state index contributed by atoms with van der Waals surface area (Å²) in [4.78, 5) is 15.2. The molecular weight excluding hydrogens is 380 g/mol. The van der Waals surface area contributed by atoms with Gasteiger partial charge in [-0.2, -0.15) is 0 Å². The molecule has 0 aliphatic carbocycles. The van der Waals surface area contributed by atoms with Gasteiger partial charge in [-0.3, -0.25) is 4.79 Å². The quantitative estimate of drug-likeness (QED) is 0.448. The van der Waals surface area contributed by atoms with Gasteiger partial charge in [0.15, 0.2) is 0 Å². The Balaban J connectivity index is 1.99. The number of fused-ring (bicyclic) bond motifs is 3. The van der Waals surface area contributed by atoms with E-state index in [1.807, 2.05) is 30.6 Å². The van der Waals surface area contributed by atoms with Crippen LogP contribution in [0.25, 0.3) is 32.1 Å². The molecule has 4 aromatic rings. The maximum atomic E-state index is 12.3. The van der Waals surface area contributed by atoms with Gasteiger partial charge in [-0.05, 0) is 35.5 Å². The van der Waals surface area contributed by atoms with Gasteiger partial charge in [0.25, 0.3) is 5.56 Å². The third kappa shape index (κ3) is 3.02. The third-order valence-electron chi connectivity index (χ3n) is 4.92. The van der Waals surface area contributed by atoms with E-state index in [1.54, 1.807) is 0 Å². The lowest BCUT2D eigenvalue weighted by Gasteiger charge is -2.14. The van der Waals surface area contributed by atoms with Gasteiger partial charge in [-0.1, -0.05) is 42.8 Å². The van der Waals surface area contributed by atoms with Crippen LogP contribution >= 0.6 is 22.9 Å². The molecule has 3 N–H and O–H groups in total. The van der Waals surface area contributed by atoms with Crippen molar-refractivity contribution in [2.24, 2.45) is 0 Å². The minimum absolute atomic E-state index is 0.100. The fourth-order valence-corrected chi connectivity index (χ4v) is 4.62. The molecule has 4 nitrogen and oxygen atoms in total. The molecule has 2 heterocycles. The molecule has 0 unspecified atom stereocenters. The van der Waals surface area contributed by atoms with E-state index in [-0.39, 0.29) is 11.3 Å². The van der Waals surface area contributed by atoms with Crippen LogP contribution in [-0.2, 0) is 0 Å². The molecular formula is C21H19ClN2O2S. The molecule has 0 fully saturated rings. The molecule has 0 radical (unpaired) electrons. The average molecular weight is 399 g/mol. The van der Waals surface area contributed by atoms with Crippen LogP contribution in [-0.4, -0.2) is 23.7 Å². The summed E-state index contributed by atoms with van der Waals surface area (Å²) in [6, 6.07) is 11.6. The number of rotatable bonds is 4. The number of H-pyrrole nitrogens is 1. The summed E-state index contributed by atoms with van der Waals surface area (Å²) < 4.78 is 0.629. The number of aromatic nitrogens is 1. The second-order valence-electron chi connectivity index (χ2n) is 6.70. The zero-order valence-electron chi connectivity index (χ0n) is 15.0. The number of thiophene rings is 1. The molecule has 0 amide bonds. The van der Waals surface area contributed by atoms with Crippen molar-refractivity contribution in [2.75, 3.05) is 13.6 Å². The highest BCUT2D eigenvalue weighted by Gasteiger charge is 2.18. The van der Waals surface area contributed by atoms with E-state index in [9.17, 15) is 9.90 Å². The minimum Gasteiger partial charge on any atom is -0.507 e. The number of phenols is 1. The van der Waals surface area contributed by atoms with Crippen LogP contribution in [0.5, 0.6) is 5.75 Å². The molecule has 6 heteroatoms. The van der Waals surface area contributed by atoms with Crippen LogP contribution in [0.15, 0.2) is 46.6 Å². The highest BCUT2D eigenvalue weighted by atomic mass is 35.5. The number of aromatic hydroxyl groups is 1. The number of likely N-dealkylation sites (N-methyl/N-ethyl adjacent to an activating group) is 1. The summed E-state index contributed by atoms with van der Waals surface area (Å²) in [5, 5.41) is 17.7. The summed E-state index contributed by atoms with van der Waals surface area (Å²) in [6.45, 7) is 3.06. The number of nitrogens with one attached hydrogen (secondary N) is 2. The molecule has 0 saturated carbocycles. The normalized spacial score (nSPS) is 12.7. The second-order valence-corrected chi connectivity index (χ2v) is 8.02. The average Bonchev–Trinajstić information content (AvgIpc) is 3.14. The van der Waals surface area contributed by atoms with Gasteiger partial charge < -0.3 is 15.4 Å². The molecule has 2 aromatic carbocycles. The van der Waals surface area contributed by atoms with E-state index in [0.29, 0.717) is 26.7 Å². The molecule has 0 aliphatic heterocycles. The summed E-state index contributed by atoms with van der Waals surface area (Å²) in [5.41, 5.74) is 3.17. The topological polar surface area (TPSA) is 65.1 Å². The molecule has 1 atom stereocenters. The van der Waals surface area contributed by atoms with Crippen LogP contribution in [0.4, 0.5) is 0 Å². The van der Waals surface area contributed by atoms with Crippen molar-refractivity contribution in [2.45, 2.75) is 12.8 Å². The van der Waals surface area contributed by atoms with Crippen molar-refractivity contribution in [3.8, 4) is 16.9 Å². The Bertz CT molecular complexity index is 1190. The van der Waals surface area contributed by atoms with Gasteiger partial charge in [0.2, 0.25) is 0 Å². The van der Waals surface area contributed by atoms with Crippen molar-refractivity contribution < 1.29 is 5.11 Å². The SMILES string of the molecule is CNC[C@@H](C)c1ccc(-c2c(O)cc(Cl)c3[nH]c(=O)c4sccc4c23)cc1. The predicted molar refractivity (Wildman–Crippen MR) is 114 cm³/mol. The molecule has 0 spiro atoms.